The molecule has 0 fully saturated rings. The van der Waals surface area contributed by atoms with Gasteiger partial charge in [-0.2, -0.15) is 5.10 Å². The van der Waals surface area contributed by atoms with Gasteiger partial charge in [0.2, 0.25) is 5.91 Å². The van der Waals surface area contributed by atoms with E-state index in [1.807, 2.05) is 24.3 Å². The Morgan fingerprint density at radius 3 is 2.27 bits per heavy atom. The Hall–Kier alpha value is -3.60. The van der Waals surface area contributed by atoms with Crippen LogP contribution in [0.2, 0.25) is 0 Å². The van der Waals surface area contributed by atoms with Crippen LogP contribution in [0.15, 0.2) is 52.0 Å². The van der Waals surface area contributed by atoms with Crippen molar-refractivity contribution in [2.45, 2.75) is 12.3 Å². The highest BCUT2D eigenvalue weighted by molar-refractivity contribution is 9.10. The molecule has 1 aliphatic heterocycles. The number of benzene rings is 2. The van der Waals surface area contributed by atoms with Crippen LogP contribution < -0.4 is 5.43 Å². The lowest BCUT2D eigenvalue weighted by Crippen LogP contribution is -2.31. The molecule has 2 atom stereocenters. The fraction of sp³-hybridized carbons (Fsp3) is 0.158. The molecule has 0 saturated carbocycles. The van der Waals surface area contributed by atoms with Gasteiger partial charge in [0.15, 0.2) is 0 Å². The summed E-state index contributed by atoms with van der Waals surface area (Å²) in [6, 6.07) is 9.60. The number of hydrogen-bond acceptors (Lipinski definition) is 7. The van der Waals surface area contributed by atoms with E-state index in [9.17, 15) is 30.1 Å². The van der Waals surface area contributed by atoms with E-state index in [4.69, 9.17) is 0 Å². The lowest BCUT2D eigenvalue weighted by molar-refractivity contribution is -0.396. The fourth-order valence-electron chi connectivity index (χ4n) is 3.79. The summed E-state index contributed by atoms with van der Waals surface area (Å²) in [5, 5.41) is 36.6. The normalized spacial score (nSPS) is 20.1. The first kappa shape index (κ1) is 19.7. The maximum absolute atomic E-state index is 12.4. The highest BCUT2D eigenvalue weighted by Gasteiger charge is 2.41. The van der Waals surface area contributed by atoms with E-state index in [1.165, 1.54) is 0 Å². The standard InChI is InChI=1S/C19H13BrN4O6/c20-12-3-1-9(2-4-12)13-5-10(6-14-17(13)19(26)22-21-14)11-7-15(23(27)28)18(25)16(8-11)24(29)30/h1-4,6-8,13,17,25H,5H2,(H,22,26). The number of amides is 1. The maximum atomic E-state index is 12.4. The second-order valence-corrected chi connectivity index (χ2v) is 7.82. The predicted molar refractivity (Wildman–Crippen MR) is 110 cm³/mol. The number of phenolic OH excluding ortho intramolecular Hbond substituents is 1. The number of phenols is 1. The third kappa shape index (κ3) is 3.32. The van der Waals surface area contributed by atoms with Crippen molar-refractivity contribution < 1.29 is 19.7 Å². The molecule has 11 heteroatoms. The van der Waals surface area contributed by atoms with Crippen molar-refractivity contribution in [3.05, 3.63) is 78.3 Å². The highest BCUT2D eigenvalue weighted by atomic mass is 79.9. The number of fused-ring (bicyclic) bond motifs is 1. The number of nitrogens with zero attached hydrogens (tertiary/aromatic N) is 3. The molecule has 0 spiro atoms. The Bertz CT molecular complexity index is 1120. The number of halogens is 1. The summed E-state index contributed by atoms with van der Waals surface area (Å²) < 4.78 is 0.868. The van der Waals surface area contributed by atoms with Crippen molar-refractivity contribution in [3.8, 4) is 5.75 Å². The Kier molecular flexibility index (Phi) is 4.82. The molecule has 1 aliphatic carbocycles. The van der Waals surface area contributed by atoms with E-state index in [1.54, 1.807) is 6.08 Å². The highest BCUT2D eigenvalue weighted by Crippen LogP contribution is 2.45. The molecule has 4 rings (SSSR count). The number of nitrogens with one attached hydrogen (secondary N) is 1. The van der Waals surface area contributed by atoms with Gasteiger partial charge in [0, 0.05) is 22.5 Å². The van der Waals surface area contributed by atoms with E-state index < -0.39 is 32.9 Å². The molecule has 2 unspecified atom stereocenters. The van der Waals surface area contributed by atoms with Crippen LogP contribution in [0.5, 0.6) is 5.75 Å². The molecule has 2 aliphatic rings. The number of carbonyl (C=O) groups excluding carboxylic acids is 1. The van der Waals surface area contributed by atoms with Gasteiger partial charge in [-0.25, -0.2) is 5.43 Å². The molecule has 0 saturated heterocycles. The van der Waals surface area contributed by atoms with E-state index in [2.05, 4.69) is 26.5 Å². The monoisotopic (exact) mass is 472 g/mol. The molecule has 30 heavy (non-hydrogen) atoms. The molecule has 1 heterocycles. The van der Waals surface area contributed by atoms with E-state index in [0.29, 0.717) is 17.7 Å². The second kappa shape index (κ2) is 7.34. The summed E-state index contributed by atoms with van der Waals surface area (Å²) >= 11 is 3.37. The van der Waals surface area contributed by atoms with Gasteiger partial charge in [-0.3, -0.25) is 25.0 Å². The van der Waals surface area contributed by atoms with E-state index in [0.717, 1.165) is 22.2 Å². The summed E-state index contributed by atoms with van der Waals surface area (Å²) in [6.45, 7) is 0. The van der Waals surface area contributed by atoms with E-state index >= 15 is 0 Å². The van der Waals surface area contributed by atoms with Crippen molar-refractivity contribution in [2.24, 2.45) is 11.0 Å². The van der Waals surface area contributed by atoms with Crippen molar-refractivity contribution in [1.82, 2.24) is 5.43 Å². The third-order valence-electron chi connectivity index (χ3n) is 5.19. The zero-order valence-corrected chi connectivity index (χ0v) is 16.7. The zero-order valence-electron chi connectivity index (χ0n) is 15.1. The number of aromatic hydroxyl groups is 1. The Labute approximate surface area is 177 Å². The summed E-state index contributed by atoms with van der Waals surface area (Å²) in [5.74, 6) is -2.10. The number of carbonyl (C=O) groups is 1. The minimum Gasteiger partial charge on any atom is -0.497 e. The number of rotatable bonds is 4. The van der Waals surface area contributed by atoms with Crippen molar-refractivity contribution in [3.63, 3.8) is 0 Å². The first-order valence-corrected chi connectivity index (χ1v) is 9.55. The van der Waals surface area contributed by atoms with Gasteiger partial charge in [-0.15, -0.1) is 0 Å². The fourth-order valence-corrected chi connectivity index (χ4v) is 4.05. The van der Waals surface area contributed by atoms with Gasteiger partial charge in [0.1, 0.15) is 0 Å². The molecule has 0 radical (unpaired) electrons. The molecular weight excluding hydrogens is 460 g/mol. The average molecular weight is 473 g/mol. The van der Waals surface area contributed by atoms with Gasteiger partial charge in [-0.05, 0) is 41.3 Å². The first-order chi connectivity index (χ1) is 14.3. The summed E-state index contributed by atoms with van der Waals surface area (Å²) in [7, 11) is 0. The molecule has 152 valence electrons. The first-order valence-electron chi connectivity index (χ1n) is 8.76. The van der Waals surface area contributed by atoms with Crippen LogP contribution in [0.1, 0.15) is 23.5 Å². The summed E-state index contributed by atoms with van der Waals surface area (Å²) in [4.78, 5) is 33.2. The molecule has 0 bridgehead atoms. The average Bonchev–Trinajstić information content (AvgIpc) is 3.08. The van der Waals surface area contributed by atoms with Gasteiger partial charge < -0.3 is 5.11 Å². The van der Waals surface area contributed by atoms with Crippen LogP contribution in [0, 0.1) is 26.1 Å². The second-order valence-electron chi connectivity index (χ2n) is 6.90. The quantitative estimate of drug-likeness (QED) is 0.512. The Morgan fingerprint density at radius 2 is 1.70 bits per heavy atom. The molecular formula is C19H13BrN4O6. The number of nitro benzene ring substituents is 2. The van der Waals surface area contributed by atoms with Gasteiger partial charge >= 0.3 is 11.4 Å². The van der Waals surface area contributed by atoms with Crippen LogP contribution >= 0.6 is 15.9 Å². The van der Waals surface area contributed by atoms with Crippen molar-refractivity contribution >= 4 is 44.5 Å². The van der Waals surface area contributed by atoms with Crippen LogP contribution in [0.4, 0.5) is 11.4 Å². The third-order valence-corrected chi connectivity index (χ3v) is 5.72. The van der Waals surface area contributed by atoms with E-state index in [-0.39, 0.29) is 17.4 Å². The van der Waals surface area contributed by atoms with Gasteiger partial charge in [-0.1, -0.05) is 28.1 Å². The number of nitro groups is 2. The molecule has 10 nitrogen and oxygen atoms in total. The SMILES string of the molecule is O=C1NN=C2C=C(c3cc([N+](=O)[O-])c(O)c([N+](=O)[O-])c3)CC(c3ccc(Br)cc3)C12. The number of allylic oxidation sites excluding steroid dienone is 2. The lowest BCUT2D eigenvalue weighted by Gasteiger charge is -2.28. The molecule has 2 aromatic rings. The smallest absolute Gasteiger partial charge is 0.318 e. The number of hydrazone groups is 1. The molecule has 2 N–H and O–H groups in total. The predicted octanol–water partition coefficient (Wildman–Crippen LogP) is 3.64. The minimum atomic E-state index is -0.998. The lowest BCUT2D eigenvalue weighted by atomic mass is 9.73. The van der Waals surface area contributed by atoms with Gasteiger partial charge in [0.05, 0.1) is 21.5 Å². The Balaban J connectivity index is 1.84. The van der Waals surface area contributed by atoms with Crippen LogP contribution in [-0.2, 0) is 4.79 Å². The number of hydrogen-bond donors (Lipinski definition) is 2. The van der Waals surface area contributed by atoms with Crippen LogP contribution in [0.3, 0.4) is 0 Å². The minimum absolute atomic E-state index is 0.216. The zero-order chi connectivity index (χ0) is 21.6. The summed E-state index contributed by atoms with van der Waals surface area (Å²) in [6.07, 6.45) is 1.91. The topological polar surface area (TPSA) is 148 Å². The molecule has 2 aromatic carbocycles. The van der Waals surface area contributed by atoms with Crippen molar-refractivity contribution in [1.29, 1.82) is 0 Å². The van der Waals surface area contributed by atoms with Gasteiger partial charge in [0.25, 0.3) is 5.75 Å². The van der Waals surface area contributed by atoms with Crippen LogP contribution in [0.25, 0.3) is 5.57 Å². The largest absolute Gasteiger partial charge is 0.497 e. The van der Waals surface area contributed by atoms with Crippen LogP contribution in [-0.4, -0.2) is 26.6 Å². The maximum Gasteiger partial charge on any atom is 0.318 e. The molecule has 0 aromatic heterocycles. The van der Waals surface area contributed by atoms with Crippen molar-refractivity contribution in [2.75, 3.05) is 0 Å². The summed E-state index contributed by atoms with van der Waals surface area (Å²) in [5.41, 5.74) is 3.01. The Morgan fingerprint density at radius 1 is 1.10 bits per heavy atom. The molecule has 1 amide bonds.